The van der Waals surface area contributed by atoms with E-state index in [1.54, 1.807) is 0 Å². The Morgan fingerprint density at radius 3 is 2.23 bits per heavy atom. The molecular formula is C35H21N3OPt. The minimum Gasteiger partial charge on any atom is -0.509 e. The largest absolute Gasteiger partial charge is 2.00 e. The number of nitrogens with zero attached hydrogens (tertiary/aromatic N) is 3. The van der Waals surface area contributed by atoms with E-state index in [-0.39, 0.29) is 27.0 Å². The van der Waals surface area contributed by atoms with Gasteiger partial charge in [-0.1, -0.05) is 65.7 Å². The molecule has 1 unspecified atom stereocenters. The molecule has 40 heavy (non-hydrogen) atoms. The second-order valence-corrected chi connectivity index (χ2v) is 9.65. The number of pyridine rings is 2. The molecule has 4 aromatic carbocycles. The van der Waals surface area contributed by atoms with Crippen molar-refractivity contribution in [1.82, 2.24) is 14.5 Å². The minimum absolute atomic E-state index is 0. The average Bonchev–Trinajstić information content (AvgIpc) is 3.50. The van der Waals surface area contributed by atoms with Crippen LogP contribution in [0.15, 0.2) is 122 Å². The fourth-order valence-corrected chi connectivity index (χ4v) is 5.79. The molecule has 0 radical (unpaired) electrons. The first-order valence-corrected chi connectivity index (χ1v) is 13.0. The van der Waals surface area contributed by atoms with Crippen LogP contribution in [0, 0.1) is 12.1 Å². The summed E-state index contributed by atoms with van der Waals surface area (Å²) in [4.78, 5) is 9.31. The molecule has 0 N–H and O–H groups in total. The van der Waals surface area contributed by atoms with Gasteiger partial charge in [-0.15, -0.1) is 40.8 Å². The summed E-state index contributed by atoms with van der Waals surface area (Å²) in [5.41, 5.74) is 7.72. The van der Waals surface area contributed by atoms with Gasteiger partial charge in [0.15, 0.2) is 0 Å². The zero-order valence-electron chi connectivity index (χ0n) is 21.2. The van der Waals surface area contributed by atoms with Gasteiger partial charge in [0.1, 0.15) is 5.82 Å². The van der Waals surface area contributed by atoms with Crippen LogP contribution in [0.25, 0.3) is 38.8 Å². The molecule has 4 nitrogen and oxygen atoms in total. The van der Waals surface area contributed by atoms with Crippen molar-refractivity contribution in [2.75, 3.05) is 0 Å². The third-order valence-electron chi connectivity index (χ3n) is 7.44. The molecule has 0 saturated heterocycles. The summed E-state index contributed by atoms with van der Waals surface area (Å²) >= 11 is 0. The van der Waals surface area contributed by atoms with Gasteiger partial charge >= 0.3 is 21.1 Å². The van der Waals surface area contributed by atoms with Gasteiger partial charge < -0.3 is 9.30 Å². The van der Waals surface area contributed by atoms with E-state index in [4.69, 9.17) is 4.74 Å². The molecule has 7 aromatic rings. The Kier molecular flexibility index (Phi) is 6.06. The average molecular weight is 695 g/mol. The SMILES string of the molecule is [Pt+2].[c-]1c(Oc2[c-]c3c(cc2)c2ccccc2n3-c2ccccn2)ccc2c1C(c1ccccn1)c1ccccc1-2. The molecule has 0 bridgehead atoms. The van der Waals surface area contributed by atoms with Crippen molar-refractivity contribution < 1.29 is 25.8 Å². The topological polar surface area (TPSA) is 39.9 Å². The zero-order chi connectivity index (χ0) is 25.8. The van der Waals surface area contributed by atoms with Crippen molar-refractivity contribution in [2.45, 2.75) is 5.92 Å². The van der Waals surface area contributed by atoms with E-state index in [0.29, 0.717) is 11.5 Å². The van der Waals surface area contributed by atoms with E-state index in [2.05, 4.69) is 87.3 Å². The molecule has 5 heteroatoms. The Morgan fingerprint density at radius 2 is 1.38 bits per heavy atom. The Bertz CT molecular complexity index is 2000. The quantitative estimate of drug-likeness (QED) is 0.175. The first kappa shape index (κ1) is 24.5. The van der Waals surface area contributed by atoms with E-state index in [0.717, 1.165) is 38.9 Å². The smallest absolute Gasteiger partial charge is 0.509 e. The van der Waals surface area contributed by atoms with E-state index in [1.165, 1.54) is 16.7 Å². The Hall–Kier alpha value is -4.53. The van der Waals surface area contributed by atoms with Crippen LogP contribution < -0.4 is 4.74 Å². The molecule has 0 spiro atoms. The molecule has 1 aliphatic carbocycles. The van der Waals surface area contributed by atoms with Crippen LogP contribution in [0.4, 0.5) is 0 Å². The normalized spacial score (nSPS) is 13.6. The molecular weight excluding hydrogens is 673 g/mol. The summed E-state index contributed by atoms with van der Waals surface area (Å²) in [6.45, 7) is 0. The standard InChI is InChI=1S/C35H21N3O.Pt/c1-2-11-29-25(9-1)26-17-15-23(21-30(26)35(29)31-12-5-7-19-36-31)39-24-16-18-28-27-10-3-4-13-32(27)38(33(28)22-24)34-14-6-8-20-37-34;/h1-20,35H;/q-2;+2. The molecule has 0 fully saturated rings. The Morgan fingerprint density at radius 1 is 0.625 bits per heavy atom. The number of ether oxygens (including phenoxy) is 1. The van der Waals surface area contributed by atoms with Crippen LogP contribution in [0.3, 0.4) is 0 Å². The maximum absolute atomic E-state index is 6.42. The molecule has 0 saturated carbocycles. The van der Waals surface area contributed by atoms with E-state index < -0.39 is 0 Å². The number of benzene rings is 4. The Balaban J connectivity index is 0.00000264. The first-order chi connectivity index (χ1) is 19.3. The van der Waals surface area contributed by atoms with Crippen molar-refractivity contribution in [3.8, 4) is 28.4 Å². The van der Waals surface area contributed by atoms with Gasteiger partial charge in [0, 0.05) is 35.3 Å². The number of aromatic nitrogens is 3. The minimum atomic E-state index is 0. The van der Waals surface area contributed by atoms with Crippen molar-refractivity contribution in [3.63, 3.8) is 0 Å². The van der Waals surface area contributed by atoms with Crippen molar-refractivity contribution >= 4 is 21.8 Å². The summed E-state index contributed by atoms with van der Waals surface area (Å²) < 4.78 is 8.55. The third-order valence-corrected chi connectivity index (χ3v) is 7.44. The van der Waals surface area contributed by atoms with Gasteiger partial charge in [-0.3, -0.25) is 4.98 Å². The van der Waals surface area contributed by atoms with E-state index >= 15 is 0 Å². The third kappa shape index (κ3) is 3.87. The maximum atomic E-state index is 6.42. The van der Waals surface area contributed by atoms with Gasteiger partial charge in [-0.2, -0.15) is 12.1 Å². The number of rotatable bonds is 4. The predicted molar refractivity (Wildman–Crippen MR) is 153 cm³/mol. The molecule has 0 amide bonds. The number of para-hydroxylation sites is 1. The van der Waals surface area contributed by atoms with Gasteiger partial charge in [0.05, 0.1) is 5.69 Å². The predicted octanol–water partition coefficient (Wildman–Crippen LogP) is 8.12. The monoisotopic (exact) mass is 694 g/mol. The number of fused-ring (bicyclic) bond motifs is 6. The number of hydrogen-bond acceptors (Lipinski definition) is 3. The van der Waals surface area contributed by atoms with Crippen LogP contribution in [0.5, 0.6) is 11.5 Å². The number of hydrogen-bond donors (Lipinski definition) is 0. The van der Waals surface area contributed by atoms with E-state index in [9.17, 15) is 0 Å². The summed E-state index contributed by atoms with van der Waals surface area (Å²) in [5.74, 6) is 2.14. The molecule has 3 heterocycles. The van der Waals surface area contributed by atoms with Crippen LogP contribution in [0.1, 0.15) is 22.7 Å². The molecule has 0 aliphatic heterocycles. The summed E-state index contributed by atoms with van der Waals surface area (Å²) in [5, 5.41) is 2.26. The summed E-state index contributed by atoms with van der Waals surface area (Å²) in [6, 6.07) is 44.2. The fraction of sp³-hybridized carbons (Fsp3) is 0.0286. The van der Waals surface area contributed by atoms with Gasteiger partial charge in [-0.05, 0) is 41.3 Å². The molecule has 1 aliphatic rings. The van der Waals surface area contributed by atoms with Crippen molar-refractivity contribution in [1.29, 1.82) is 0 Å². The van der Waals surface area contributed by atoms with Gasteiger partial charge in [0.25, 0.3) is 0 Å². The van der Waals surface area contributed by atoms with Crippen LogP contribution in [-0.2, 0) is 21.1 Å². The van der Waals surface area contributed by atoms with Crippen LogP contribution in [-0.4, -0.2) is 14.5 Å². The second kappa shape index (κ2) is 9.89. The zero-order valence-corrected chi connectivity index (χ0v) is 23.5. The van der Waals surface area contributed by atoms with Gasteiger partial charge in [-0.25, -0.2) is 4.98 Å². The molecule has 192 valence electrons. The second-order valence-electron chi connectivity index (χ2n) is 9.65. The van der Waals surface area contributed by atoms with Crippen molar-refractivity contribution in [2.24, 2.45) is 0 Å². The Labute approximate surface area is 246 Å². The first-order valence-electron chi connectivity index (χ1n) is 13.0. The van der Waals surface area contributed by atoms with Crippen LogP contribution in [0.2, 0.25) is 0 Å². The van der Waals surface area contributed by atoms with Gasteiger partial charge in [0.2, 0.25) is 0 Å². The maximum Gasteiger partial charge on any atom is 2.00 e. The summed E-state index contributed by atoms with van der Waals surface area (Å²) in [6.07, 6.45) is 3.66. The van der Waals surface area contributed by atoms with Crippen molar-refractivity contribution in [3.05, 3.63) is 151 Å². The fourth-order valence-electron chi connectivity index (χ4n) is 5.79. The molecule has 1 atom stereocenters. The van der Waals surface area contributed by atoms with E-state index in [1.807, 2.05) is 60.9 Å². The summed E-state index contributed by atoms with van der Waals surface area (Å²) in [7, 11) is 0. The van der Waals surface area contributed by atoms with Crippen LogP contribution >= 0.6 is 0 Å². The molecule has 8 rings (SSSR count). The molecule has 3 aromatic heterocycles.